The van der Waals surface area contributed by atoms with Crippen molar-refractivity contribution < 1.29 is 0 Å². The molecular formula is C11H14N8. The van der Waals surface area contributed by atoms with Crippen LogP contribution in [0.3, 0.4) is 0 Å². The summed E-state index contributed by atoms with van der Waals surface area (Å²) in [7, 11) is 1.89. The first-order valence-electron chi connectivity index (χ1n) is 5.75. The monoisotopic (exact) mass is 258 g/mol. The van der Waals surface area contributed by atoms with Gasteiger partial charge in [-0.2, -0.15) is 5.10 Å². The minimum Gasteiger partial charge on any atom is -0.320 e. The first-order chi connectivity index (χ1) is 9.17. The van der Waals surface area contributed by atoms with Gasteiger partial charge in [-0.25, -0.2) is 15.8 Å². The fraction of sp³-hybridized carbons (Fsp3) is 0.182. The maximum absolute atomic E-state index is 5.41. The first kappa shape index (κ1) is 11.5. The molecule has 0 radical (unpaired) electrons. The van der Waals surface area contributed by atoms with Crippen molar-refractivity contribution in [3.8, 4) is 0 Å². The van der Waals surface area contributed by atoms with Crippen LogP contribution in [0.4, 0.5) is 17.5 Å². The Bertz CT molecular complexity index is 706. The maximum atomic E-state index is 5.41. The number of nitrogen functional groups attached to an aromatic ring is 1. The van der Waals surface area contributed by atoms with Gasteiger partial charge in [-0.3, -0.25) is 4.68 Å². The van der Waals surface area contributed by atoms with Gasteiger partial charge in [0.15, 0.2) is 23.1 Å². The van der Waals surface area contributed by atoms with Crippen LogP contribution in [0.25, 0.3) is 5.65 Å². The number of nitrogens with zero attached hydrogens (tertiary/aromatic N) is 5. The number of imidazole rings is 1. The Morgan fingerprint density at radius 2 is 2.16 bits per heavy atom. The highest BCUT2D eigenvalue weighted by molar-refractivity contribution is 5.70. The van der Waals surface area contributed by atoms with Crippen LogP contribution in [0, 0.1) is 6.92 Å². The number of nitrogens with one attached hydrogen (secondary N) is 2. The zero-order valence-corrected chi connectivity index (χ0v) is 10.6. The van der Waals surface area contributed by atoms with Crippen LogP contribution in [0.1, 0.15) is 5.69 Å². The second kappa shape index (κ2) is 4.25. The quantitative estimate of drug-likeness (QED) is 0.475. The average Bonchev–Trinajstić information content (AvgIpc) is 2.97. The first-order valence-corrected chi connectivity index (χ1v) is 5.75. The summed E-state index contributed by atoms with van der Waals surface area (Å²) in [6.45, 7) is 1.98. The molecule has 0 amide bonds. The van der Waals surface area contributed by atoms with E-state index in [-0.39, 0.29) is 0 Å². The van der Waals surface area contributed by atoms with Crippen LogP contribution < -0.4 is 16.6 Å². The lowest BCUT2D eigenvalue weighted by Gasteiger charge is -2.07. The van der Waals surface area contributed by atoms with Crippen LogP contribution in [0.2, 0.25) is 0 Å². The summed E-state index contributed by atoms with van der Waals surface area (Å²) in [5.74, 6) is 7.26. The van der Waals surface area contributed by atoms with Crippen molar-refractivity contribution in [3.63, 3.8) is 0 Å². The number of anilines is 3. The maximum Gasteiger partial charge on any atom is 0.180 e. The predicted molar refractivity (Wildman–Crippen MR) is 72.0 cm³/mol. The van der Waals surface area contributed by atoms with Crippen LogP contribution in [-0.4, -0.2) is 24.1 Å². The van der Waals surface area contributed by atoms with Crippen molar-refractivity contribution in [1.29, 1.82) is 0 Å². The van der Waals surface area contributed by atoms with Gasteiger partial charge in [0.1, 0.15) is 0 Å². The number of aryl methyl sites for hydroxylation is 2. The van der Waals surface area contributed by atoms with E-state index in [0.717, 1.165) is 5.69 Å². The van der Waals surface area contributed by atoms with Crippen LogP contribution in [0.5, 0.6) is 0 Å². The molecule has 0 saturated carbocycles. The van der Waals surface area contributed by atoms with Crippen LogP contribution in [0.15, 0.2) is 24.7 Å². The zero-order valence-electron chi connectivity index (χ0n) is 10.6. The molecule has 0 aliphatic rings. The molecule has 0 aliphatic heterocycles. The molecule has 3 heterocycles. The lowest BCUT2D eigenvalue weighted by atomic mass is 10.4. The van der Waals surface area contributed by atoms with E-state index in [1.165, 1.54) is 0 Å². The molecule has 0 atom stereocenters. The fourth-order valence-corrected chi connectivity index (χ4v) is 1.83. The van der Waals surface area contributed by atoms with Crippen LogP contribution >= 0.6 is 0 Å². The summed E-state index contributed by atoms with van der Waals surface area (Å²) in [5, 5.41) is 7.48. The number of fused-ring (bicyclic) bond motifs is 1. The third kappa shape index (κ3) is 1.97. The van der Waals surface area contributed by atoms with E-state index in [1.54, 1.807) is 17.1 Å². The Hall–Kier alpha value is -2.61. The summed E-state index contributed by atoms with van der Waals surface area (Å²) in [6, 6.07) is 1.93. The second-order valence-corrected chi connectivity index (χ2v) is 4.20. The van der Waals surface area contributed by atoms with Gasteiger partial charge in [-0.1, -0.05) is 0 Å². The highest BCUT2D eigenvalue weighted by Gasteiger charge is 2.09. The molecule has 3 aromatic heterocycles. The van der Waals surface area contributed by atoms with Gasteiger partial charge in [0.25, 0.3) is 0 Å². The molecule has 98 valence electrons. The molecule has 0 aliphatic carbocycles. The third-order valence-electron chi connectivity index (χ3n) is 2.88. The van der Waals surface area contributed by atoms with E-state index >= 15 is 0 Å². The molecule has 8 heteroatoms. The van der Waals surface area contributed by atoms with Gasteiger partial charge < -0.3 is 15.1 Å². The standard InChI is InChI=1S/C11H14N8/c1-7-5-8(17-18(7)2)14-10-11-13-3-4-19(11)6-9(15-10)16-12/h3-6,16H,12H2,1-2H3,(H,14,15,17). The van der Waals surface area contributed by atoms with E-state index in [2.05, 4.69) is 25.8 Å². The van der Waals surface area contributed by atoms with Crippen molar-refractivity contribution in [1.82, 2.24) is 24.1 Å². The van der Waals surface area contributed by atoms with Crippen molar-refractivity contribution >= 4 is 23.1 Å². The molecule has 0 bridgehead atoms. The topological polar surface area (TPSA) is 98.1 Å². The molecule has 19 heavy (non-hydrogen) atoms. The summed E-state index contributed by atoms with van der Waals surface area (Å²) >= 11 is 0. The molecule has 3 rings (SSSR count). The number of hydrogen-bond acceptors (Lipinski definition) is 6. The van der Waals surface area contributed by atoms with Gasteiger partial charge in [0.05, 0.1) is 6.20 Å². The zero-order chi connectivity index (χ0) is 13.4. The Morgan fingerprint density at radius 1 is 1.32 bits per heavy atom. The average molecular weight is 258 g/mol. The van der Waals surface area contributed by atoms with Crippen molar-refractivity contribution in [3.05, 3.63) is 30.4 Å². The molecule has 0 saturated heterocycles. The van der Waals surface area contributed by atoms with Crippen molar-refractivity contribution in [2.75, 3.05) is 10.7 Å². The minimum atomic E-state index is 0.542. The minimum absolute atomic E-state index is 0.542. The summed E-state index contributed by atoms with van der Waals surface area (Å²) in [5.41, 5.74) is 4.29. The summed E-state index contributed by atoms with van der Waals surface area (Å²) < 4.78 is 3.62. The van der Waals surface area contributed by atoms with Gasteiger partial charge >= 0.3 is 0 Å². The Balaban J connectivity index is 2.05. The molecule has 3 aromatic rings. The van der Waals surface area contributed by atoms with Gasteiger partial charge in [0, 0.05) is 31.2 Å². The van der Waals surface area contributed by atoms with E-state index in [9.17, 15) is 0 Å². The van der Waals surface area contributed by atoms with Gasteiger partial charge in [-0.05, 0) is 6.92 Å². The fourth-order valence-electron chi connectivity index (χ4n) is 1.83. The number of rotatable bonds is 3. The lowest BCUT2D eigenvalue weighted by Crippen LogP contribution is -2.11. The smallest absolute Gasteiger partial charge is 0.180 e. The third-order valence-corrected chi connectivity index (χ3v) is 2.88. The number of aromatic nitrogens is 5. The molecular weight excluding hydrogens is 244 g/mol. The summed E-state index contributed by atoms with van der Waals surface area (Å²) in [6.07, 6.45) is 5.29. The van der Waals surface area contributed by atoms with Gasteiger partial charge in [-0.15, -0.1) is 0 Å². The Morgan fingerprint density at radius 3 is 2.84 bits per heavy atom. The molecule has 8 nitrogen and oxygen atoms in total. The Labute approximate surface area is 109 Å². The number of hydrazine groups is 1. The van der Waals surface area contributed by atoms with E-state index in [0.29, 0.717) is 23.1 Å². The molecule has 0 aromatic carbocycles. The molecule has 0 unspecified atom stereocenters. The lowest BCUT2D eigenvalue weighted by molar-refractivity contribution is 0.743. The van der Waals surface area contributed by atoms with E-state index in [1.807, 2.05) is 30.6 Å². The van der Waals surface area contributed by atoms with E-state index in [4.69, 9.17) is 5.84 Å². The Kier molecular flexibility index (Phi) is 2.57. The summed E-state index contributed by atoms with van der Waals surface area (Å²) in [4.78, 5) is 8.60. The number of hydrogen-bond donors (Lipinski definition) is 3. The SMILES string of the molecule is Cc1cc(Nc2nc(NN)cn3ccnc23)nn1C. The van der Waals surface area contributed by atoms with Crippen molar-refractivity contribution in [2.45, 2.75) is 6.92 Å². The predicted octanol–water partition coefficient (Wildman–Crippen LogP) is 0.800. The van der Waals surface area contributed by atoms with E-state index < -0.39 is 0 Å². The highest BCUT2D eigenvalue weighted by Crippen LogP contribution is 2.20. The largest absolute Gasteiger partial charge is 0.320 e. The second-order valence-electron chi connectivity index (χ2n) is 4.20. The molecule has 4 N–H and O–H groups in total. The molecule has 0 spiro atoms. The van der Waals surface area contributed by atoms with Crippen LogP contribution in [-0.2, 0) is 7.05 Å². The highest BCUT2D eigenvalue weighted by atomic mass is 15.3. The normalized spacial score (nSPS) is 10.9. The molecule has 0 fully saturated rings. The van der Waals surface area contributed by atoms with Gasteiger partial charge in [0.2, 0.25) is 0 Å². The van der Waals surface area contributed by atoms with Crippen molar-refractivity contribution in [2.24, 2.45) is 12.9 Å². The number of nitrogens with two attached hydrogens (primary N) is 1.